The number of nitrogen functional groups attached to an aromatic ring is 1. The molecule has 0 aromatic carbocycles. The van der Waals surface area contributed by atoms with Gasteiger partial charge in [-0.2, -0.15) is 0 Å². The Morgan fingerprint density at radius 2 is 2.21 bits per heavy atom. The van der Waals surface area contributed by atoms with Crippen LogP contribution < -0.4 is 21.3 Å². The van der Waals surface area contributed by atoms with E-state index in [1.165, 1.54) is 13.1 Å². The van der Waals surface area contributed by atoms with Crippen molar-refractivity contribution in [3.8, 4) is 0 Å². The Hall–Kier alpha value is -1.42. The lowest BCUT2D eigenvalue weighted by Gasteiger charge is -2.08. The highest BCUT2D eigenvalue weighted by molar-refractivity contribution is 7.89. The molecule has 19 heavy (non-hydrogen) atoms. The quantitative estimate of drug-likeness (QED) is 0.412. The van der Waals surface area contributed by atoms with E-state index in [2.05, 4.69) is 20.4 Å². The van der Waals surface area contributed by atoms with Crippen LogP contribution in [0.5, 0.6) is 0 Å². The standard InChI is InChI=1S/C9H14ClN5O3S/c1-12-8(16)2-3-14-19(17,18)6-4-7(10)9(15-11)13-5-6/h4-5,14H,2-3,11H2,1H3,(H,12,16)(H,13,15). The Morgan fingerprint density at radius 3 is 2.74 bits per heavy atom. The monoisotopic (exact) mass is 307 g/mol. The van der Waals surface area contributed by atoms with E-state index in [1.54, 1.807) is 0 Å². The highest BCUT2D eigenvalue weighted by Gasteiger charge is 2.16. The molecule has 0 aliphatic carbocycles. The van der Waals surface area contributed by atoms with Crippen LogP contribution in [0.3, 0.4) is 0 Å². The van der Waals surface area contributed by atoms with Gasteiger partial charge in [0.1, 0.15) is 4.90 Å². The van der Waals surface area contributed by atoms with E-state index < -0.39 is 10.0 Å². The van der Waals surface area contributed by atoms with Gasteiger partial charge in [-0.1, -0.05) is 11.6 Å². The first-order chi connectivity index (χ1) is 8.90. The lowest BCUT2D eigenvalue weighted by Crippen LogP contribution is -2.29. The maximum atomic E-state index is 11.9. The summed E-state index contributed by atoms with van der Waals surface area (Å²) in [5.41, 5.74) is 2.23. The molecule has 0 saturated heterocycles. The lowest BCUT2D eigenvalue weighted by atomic mass is 10.4. The molecule has 5 N–H and O–H groups in total. The summed E-state index contributed by atoms with van der Waals surface area (Å²) in [5.74, 6) is 5.04. The molecule has 0 aliphatic rings. The molecule has 0 bridgehead atoms. The van der Waals surface area contributed by atoms with Crippen molar-refractivity contribution in [2.45, 2.75) is 11.3 Å². The summed E-state index contributed by atoms with van der Waals surface area (Å²) in [4.78, 5) is 14.6. The Kier molecular flexibility index (Phi) is 5.48. The second-order valence-corrected chi connectivity index (χ2v) is 5.64. The van der Waals surface area contributed by atoms with Crippen molar-refractivity contribution in [3.63, 3.8) is 0 Å². The zero-order chi connectivity index (χ0) is 14.5. The third-order valence-corrected chi connectivity index (χ3v) is 3.90. The van der Waals surface area contributed by atoms with Crippen molar-refractivity contribution in [2.75, 3.05) is 19.0 Å². The second kappa shape index (κ2) is 6.66. The number of carbonyl (C=O) groups is 1. The van der Waals surface area contributed by atoms with E-state index in [-0.39, 0.29) is 34.6 Å². The fraction of sp³-hybridized carbons (Fsp3) is 0.333. The van der Waals surface area contributed by atoms with Gasteiger partial charge in [-0.25, -0.2) is 24.0 Å². The number of sulfonamides is 1. The summed E-state index contributed by atoms with van der Waals surface area (Å²) in [5, 5.41) is 2.47. The van der Waals surface area contributed by atoms with E-state index in [0.29, 0.717) is 0 Å². The second-order valence-electron chi connectivity index (χ2n) is 3.47. The average molecular weight is 308 g/mol. The van der Waals surface area contributed by atoms with Crippen molar-refractivity contribution in [3.05, 3.63) is 17.3 Å². The predicted octanol–water partition coefficient (Wildman–Crippen LogP) is -0.565. The number of halogens is 1. The van der Waals surface area contributed by atoms with Crippen LogP contribution in [-0.4, -0.2) is 32.9 Å². The molecule has 0 unspecified atom stereocenters. The molecule has 0 spiro atoms. The van der Waals surface area contributed by atoms with Gasteiger partial charge in [0, 0.05) is 26.2 Å². The number of nitrogens with zero attached hydrogens (tertiary/aromatic N) is 1. The van der Waals surface area contributed by atoms with Gasteiger partial charge in [0.25, 0.3) is 0 Å². The summed E-state index contributed by atoms with van der Waals surface area (Å²) in [6.07, 6.45) is 1.16. The molecule has 0 atom stereocenters. The van der Waals surface area contributed by atoms with Crippen LogP contribution in [0, 0.1) is 0 Å². The minimum atomic E-state index is -3.76. The number of nitrogens with one attached hydrogen (secondary N) is 3. The SMILES string of the molecule is CNC(=O)CCNS(=O)(=O)c1cnc(NN)c(Cl)c1. The fourth-order valence-corrected chi connectivity index (χ4v) is 2.47. The van der Waals surface area contributed by atoms with Crippen LogP contribution in [0.4, 0.5) is 5.82 Å². The van der Waals surface area contributed by atoms with Crippen LogP contribution in [0.2, 0.25) is 5.02 Å². The summed E-state index contributed by atoms with van der Waals surface area (Å²) >= 11 is 5.78. The van der Waals surface area contributed by atoms with Gasteiger partial charge in [0.15, 0.2) is 5.82 Å². The molecule has 0 saturated carbocycles. The molecule has 0 aliphatic heterocycles. The number of hydrogen-bond acceptors (Lipinski definition) is 6. The normalized spacial score (nSPS) is 11.1. The molecule has 8 nitrogen and oxygen atoms in total. The zero-order valence-electron chi connectivity index (χ0n) is 10.1. The number of amides is 1. The maximum absolute atomic E-state index is 11.9. The van der Waals surface area contributed by atoms with Crippen molar-refractivity contribution in [1.29, 1.82) is 0 Å². The van der Waals surface area contributed by atoms with Crippen LogP contribution in [0.1, 0.15) is 6.42 Å². The first kappa shape index (κ1) is 15.6. The summed E-state index contributed by atoms with van der Waals surface area (Å²) < 4.78 is 26.0. The lowest BCUT2D eigenvalue weighted by molar-refractivity contribution is -0.120. The van der Waals surface area contributed by atoms with Crippen LogP contribution in [-0.2, 0) is 14.8 Å². The Morgan fingerprint density at radius 1 is 1.53 bits per heavy atom. The summed E-state index contributed by atoms with van der Waals surface area (Å²) in [7, 11) is -2.29. The molecule has 1 heterocycles. The number of hydrogen-bond donors (Lipinski definition) is 4. The molecule has 1 rings (SSSR count). The topological polar surface area (TPSA) is 126 Å². The van der Waals surface area contributed by atoms with Gasteiger partial charge in [-0.3, -0.25) is 4.79 Å². The van der Waals surface area contributed by atoms with Crippen molar-refractivity contribution in [2.24, 2.45) is 5.84 Å². The maximum Gasteiger partial charge on any atom is 0.242 e. The largest absolute Gasteiger partial charge is 0.359 e. The number of pyridine rings is 1. The van der Waals surface area contributed by atoms with Crippen LogP contribution >= 0.6 is 11.6 Å². The third-order valence-electron chi connectivity index (χ3n) is 2.19. The minimum absolute atomic E-state index is 0.0173. The summed E-state index contributed by atoms with van der Waals surface area (Å²) in [6, 6.07) is 1.21. The van der Waals surface area contributed by atoms with E-state index >= 15 is 0 Å². The van der Waals surface area contributed by atoms with Crippen LogP contribution in [0.25, 0.3) is 0 Å². The molecule has 1 aromatic rings. The van der Waals surface area contributed by atoms with Gasteiger partial charge in [-0.05, 0) is 6.07 Å². The van der Waals surface area contributed by atoms with Gasteiger partial charge in [0.2, 0.25) is 15.9 Å². The van der Waals surface area contributed by atoms with Gasteiger partial charge in [0.05, 0.1) is 5.02 Å². The molecular weight excluding hydrogens is 294 g/mol. The highest BCUT2D eigenvalue weighted by Crippen LogP contribution is 2.21. The predicted molar refractivity (Wildman–Crippen MR) is 70.9 cm³/mol. The fourth-order valence-electron chi connectivity index (χ4n) is 1.18. The Bertz CT molecular complexity index is 563. The molecule has 0 fully saturated rings. The number of rotatable bonds is 6. The van der Waals surface area contributed by atoms with Gasteiger partial charge < -0.3 is 10.7 Å². The molecule has 106 valence electrons. The summed E-state index contributed by atoms with van der Waals surface area (Å²) in [6.45, 7) is -0.0173. The molecule has 1 amide bonds. The van der Waals surface area contributed by atoms with Crippen molar-refractivity contribution < 1.29 is 13.2 Å². The number of hydrazine groups is 1. The molecular formula is C9H14ClN5O3S. The van der Waals surface area contributed by atoms with Crippen molar-refractivity contribution in [1.82, 2.24) is 15.0 Å². The smallest absolute Gasteiger partial charge is 0.242 e. The molecule has 10 heteroatoms. The zero-order valence-corrected chi connectivity index (χ0v) is 11.7. The van der Waals surface area contributed by atoms with Crippen LogP contribution in [0.15, 0.2) is 17.2 Å². The third kappa shape index (κ3) is 4.31. The van der Waals surface area contributed by atoms with E-state index in [1.807, 2.05) is 0 Å². The minimum Gasteiger partial charge on any atom is -0.359 e. The van der Waals surface area contributed by atoms with E-state index in [9.17, 15) is 13.2 Å². The Labute approximate surface area is 115 Å². The first-order valence-electron chi connectivity index (χ1n) is 5.23. The number of aromatic nitrogens is 1. The Balaban J connectivity index is 2.77. The number of nitrogens with two attached hydrogens (primary N) is 1. The van der Waals surface area contributed by atoms with E-state index in [4.69, 9.17) is 17.4 Å². The average Bonchev–Trinajstić information content (AvgIpc) is 2.38. The van der Waals surface area contributed by atoms with E-state index in [0.717, 1.165) is 6.20 Å². The van der Waals surface area contributed by atoms with Gasteiger partial charge in [-0.15, -0.1) is 0 Å². The number of carbonyl (C=O) groups excluding carboxylic acids is 1. The molecule has 0 radical (unpaired) electrons. The molecule has 1 aromatic heterocycles. The van der Waals surface area contributed by atoms with Gasteiger partial charge >= 0.3 is 0 Å². The number of anilines is 1. The van der Waals surface area contributed by atoms with Crippen molar-refractivity contribution >= 4 is 33.3 Å². The first-order valence-corrected chi connectivity index (χ1v) is 7.09. The highest BCUT2D eigenvalue weighted by atomic mass is 35.5.